The van der Waals surface area contributed by atoms with Crippen molar-refractivity contribution in [3.05, 3.63) is 277 Å². The molecular formula is C66H49NO. The molecule has 0 radical (unpaired) electrons. The minimum absolute atomic E-state index is 0.141. The number of aromatic hydroxyl groups is 1. The largest absolute Gasteiger partial charge is 0.507 e. The van der Waals surface area contributed by atoms with Crippen LogP contribution >= 0.6 is 0 Å². The second-order valence-electron chi connectivity index (χ2n) is 18.3. The van der Waals surface area contributed by atoms with E-state index in [0.29, 0.717) is 5.75 Å². The minimum Gasteiger partial charge on any atom is -0.507 e. The van der Waals surface area contributed by atoms with Crippen LogP contribution < -0.4 is 4.90 Å². The first-order chi connectivity index (χ1) is 33.5. The van der Waals surface area contributed by atoms with Gasteiger partial charge in [0.05, 0.1) is 5.41 Å². The topological polar surface area (TPSA) is 23.5 Å². The van der Waals surface area contributed by atoms with Gasteiger partial charge in [0.1, 0.15) is 5.75 Å². The molecule has 0 saturated carbocycles. The van der Waals surface area contributed by atoms with E-state index in [1.54, 1.807) is 0 Å². The lowest BCUT2D eigenvalue weighted by molar-refractivity contribution is 0.467. The summed E-state index contributed by atoms with van der Waals surface area (Å²) < 4.78 is 0. The second-order valence-corrected chi connectivity index (χ2v) is 18.3. The highest BCUT2D eigenvalue weighted by Crippen LogP contribution is 2.62. The van der Waals surface area contributed by atoms with Gasteiger partial charge in [-0.05, 0) is 125 Å². The molecule has 2 heteroatoms. The van der Waals surface area contributed by atoms with Crippen LogP contribution in [0.15, 0.2) is 249 Å². The predicted molar refractivity (Wildman–Crippen MR) is 286 cm³/mol. The maximum Gasteiger partial charge on any atom is 0.128 e. The number of phenolic OH excluding ortho intramolecular Hbond substituents is 1. The van der Waals surface area contributed by atoms with Crippen molar-refractivity contribution in [2.75, 3.05) is 4.90 Å². The lowest BCUT2D eigenvalue weighted by atomic mass is 9.64. The fourth-order valence-corrected chi connectivity index (χ4v) is 11.4. The van der Waals surface area contributed by atoms with Crippen LogP contribution in [-0.4, -0.2) is 5.11 Å². The van der Waals surface area contributed by atoms with E-state index in [0.717, 1.165) is 72.3 Å². The molecular weight excluding hydrogens is 823 g/mol. The van der Waals surface area contributed by atoms with Crippen LogP contribution in [0.5, 0.6) is 5.75 Å². The third kappa shape index (κ3) is 6.48. The van der Waals surface area contributed by atoms with Gasteiger partial charge in [0.15, 0.2) is 0 Å². The molecule has 1 unspecified atom stereocenters. The third-order valence-electron chi connectivity index (χ3n) is 14.2. The molecule has 0 spiro atoms. The van der Waals surface area contributed by atoms with Crippen LogP contribution in [0.1, 0.15) is 47.6 Å². The average Bonchev–Trinajstić information content (AvgIpc) is 3.70. The number of phenols is 1. The van der Waals surface area contributed by atoms with Crippen molar-refractivity contribution in [1.82, 2.24) is 0 Å². The SMILES string of the molecule is CC(C)c1c(C2(c3ccc4c(-c5ccccc5)cccc4c3O)c3ccccc3-c3c(-c4cccc(N(c5ccccc5)c5ccccc5)c4)cccc32)ccc2c(-c3ccccc3)cccc12. The summed E-state index contributed by atoms with van der Waals surface area (Å²) in [6.45, 7) is 4.64. The van der Waals surface area contributed by atoms with Gasteiger partial charge in [0.2, 0.25) is 0 Å². The fraction of sp³-hybridized carbons (Fsp3) is 0.0606. The molecule has 0 saturated heterocycles. The van der Waals surface area contributed by atoms with Gasteiger partial charge in [0.25, 0.3) is 0 Å². The Kier molecular flexibility index (Phi) is 10.1. The number of hydrogen-bond donors (Lipinski definition) is 1. The minimum atomic E-state index is -0.906. The van der Waals surface area contributed by atoms with E-state index in [4.69, 9.17) is 0 Å². The highest BCUT2D eigenvalue weighted by molar-refractivity contribution is 6.05. The molecule has 68 heavy (non-hydrogen) atoms. The number of anilines is 3. The quantitative estimate of drug-likeness (QED) is 0.156. The van der Waals surface area contributed by atoms with Crippen LogP contribution in [0.2, 0.25) is 0 Å². The van der Waals surface area contributed by atoms with Crippen molar-refractivity contribution in [3.63, 3.8) is 0 Å². The van der Waals surface area contributed by atoms with E-state index in [2.05, 4.69) is 267 Å². The first kappa shape index (κ1) is 41.0. The third-order valence-corrected chi connectivity index (χ3v) is 14.2. The van der Waals surface area contributed by atoms with E-state index in [9.17, 15) is 5.11 Å². The van der Waals surface area contributed by atoms with Gasteiger partial charge in [-0.3, -0.25) is 0 Å². The van der Waals surface area contributed by atoms with Crippen LogP contribution in [0, 0.1) is 0 Å². The van der Waals surface area contributed by atoms with Gasteiger partial charge in [-0.15, -0.1) is 0 Å². The van der Waals surface area contributed by atoms with E-state index in [1.807, 2.05) is 0 Å². The summed E-state index contributed by atoms with van der Waals surface area (Å²) in [4.78, 5) is 2.33. The zero-order valence-electron chi connectivity index (χ0n) is 38.1. The summed E-state index contributed by atoms with van der Waals surface area (Å²) >= 11 is 0. The molecule has 324 valence electrons. The standard InChI is InChI=1S/C66H49NO/c1-44(2)63-56-35-18-32-51(45-21-7-3-8-22-45)54(56)39-41-61(63)66(62-42-40-55-52(46-23-9-4-10-24-46)33-19-36-57(55)65(62)68)59-37-16-15-31-58(59)64-53(34-20-38-60(64)66)47-25-17-30-50(43-47)67(48-26-11-5-12-27-48)49-28-13-6-14-29-49/h3-44,68H,1-2H3. The number of fused-ring (bicyclic) bond motifs is 5. The average molecular weight is 872 g/mol. The Morgan fingerprint density at radius 1 is 0.338 bits per heavy atom. The van der Waals surface area contributed by atoms with E-state index in [1.165, 1.54) is 38.6 Å². The molecule has 0 heterocycles. The van der Waals surface area contributed by atoms with Gasteiger partial charge in [-0.2, -0.15) is 0 Å². The molecule has 11 aromatic carbocycles. The number of benzene rings is 11. The summed E-state index contributed by atoms with van der Waals surface area (Å²) in [5, 5.41) is 17.6. The number of para-hydroxylation sites is 2. The van der Waals surface area contributed by atoms with Crippen molar-refractivity contribution in [2.24, 2.45) is 0 Å². The van der Waals surface area contributed by atoms with Crippen LogP contribution in [-0.2, 0) is 5.41 Å². The predicted octanol–water partition coefficient (Wildman–Crippen LogP) is 17.7. The Balaban J connectivity index is 1.17. The van der Waals surface area contributed by atoms with Crippen molar-refractivity contribution < 1.29 is 5.11 Å². The monoisotopic (exact) mass is 871 g/mol. The summed E-state index contributed by atoms with van der Waals surface area (Å²) in [5.74, 6) is 0.437. The Labute approximate surface area is 398 Å². The molecule has 11 aromatic rings. The molecule has 2 nitrogen and oxygen atoms in total. The van der Waals surface area contributed by atoms with Crippen LogP contribution in [0.25, 0.3) is 66.1 Å². The molecule has 0 amide bonds. The lowest BCUT2D eigenvalue weighted by Crippen LogP contribution is -2.30. The maximum absolute atomic E-state index is 13.3. The zero-order valence-corrected chi connectivity index (χ0v) is 38.1. The molecule has 0 fully saturated rings. The molecule has 0 aliphatic heterocycles. The zero-order chi connectivity index (χ0) is 45.8. The molecule has 1 atom stereocenters. The maximum atomic E-state index is 13.3. The first-order valence-corrected chi connectivity index (χ1v) is 23.7. The highest BCUT2D eigenvalue weighted by Gasteiger charge is 2.50. The molecule has 1 aliphatic carbocycles. The van der Waals surface area contributed by atoms with Gasteiger partial charge < -0.3 is 10.0 Å². The summed E-state index contributed by atoms with van der Waals surface area (Å²) in [5.41, 5.74) is 17.2. The van der Waals surface area contributed by atoms with Crippen LogP contribution in [0.3, 0.4) is 0 Å². The van der Waals surface area contributed by atoms with Gasteiger partial charge in [-0.1, -0.05) is 226 Å². The second kappa shape index (κ2) is 16.8. The van der Waals surface area contributed by atoms with E-state index >= 15 is 0 Å². The summed E-state index contributed by atoms with van der Waals surface area (Å²) in [7, 11) is 0. The lowest BCUT2D eigenvalue weighted by Gasteiger charge is -2.37. The van der Waals surface area contributed by atoms with Gasteiger partial charge in [-0.25, -0.2) is 0 Å². The number of rotatable bonds is 9. The summed E-state index contributed by atoms with van der Waals surface area (Å²) in [6, 6.07) is 89.4. The highest BCUT2D eigenvalue weighted by atomic mass is 16.3. The van der Waals surface area contributed by atoms with Crippen molar-refractivity contribution >= 4 is 38.6 Å². The number of nitrogens with zero attached hydrogens (tertiary/aromatic N) is 1. The first-order valence-electron chi connectivity index (χ1n) is 23.7. The van der Waals surface area contributed by atoms with Crippen molar-refractivity contribution in [3.8, 4) is 50.3 Å². The van der Waals surface area contributed by atoms with Crippen molar-refractivity contribution in [1.29, 1.82) is 0 Å². The smallest absolute Gasteiger partial charge is 0.128 e. The molecule has 1 N–H and O–H groups in total. The molecule has 0 bridgehead atoms. The number of hydrogen-bond acceptors (Lipinski definition) is 2. The normalized spacial score (nSPS) is 14.0. The van der Waals surface area contributed by atoms with Crippen LogP contribution in [0.4, 0.5) is 17.1 Å². The van der Waals surface area contributed by atoms with E-state index < -0.39 is 5.41 Å². The van der Waals surface area contributed by atoms with Crippen molar-refractivity contribution in [2.45, 2.75) is 25.2 Å². The molecule has 12 rings (SSSR count). The van der Waals surface area contributed by atoms with Gasteiger partial charge in [0, 0.05) is 28.0 Å². The molecule has 0 aromatic heterocycles. The summed E-state index contributed by atoms with van der Waals surface area (Å²) in [6.07, 6.45) is 0. The Bertz CT molecular complexity index is 3620. The van der Waals surface area contributed by atoms with E-state index in [-0.39, 0.29) is 5.92 Å². The Hall–Kier alpha value is -8.46. The Morgan fingerprint density at radius 2 is 0.794 bits per heavy atom. The molecule has 1 aliphatic rings. The Morgan fingerprint density at radius 3 is 1.43 bits per heavy atom. The van der Waals surface area contributed by atoms with Gasteiger partial charge >= 0.3 is 0 Å². The fourth-order valence-electron chi connectivity index (χ4n) is 11.4.